The van der Waals surface area contributed by atoms with Crippen LogP contribution < -0.4 is 0 Å². The molecule has 1 saturated carbocycles. The number of rotatable bonds is 3. The van der Waals surface area contributed by atoms with Gasteiger partial charge in [0.1, 0.15) is 0 Å². The van der Waals surface area contributed by atoms with Crippen LogP contribution in [0.5, 0.6) is 0 Å². The molecule has 3 nitrogen and oxygen atoms in total. The molecule has 0 bridgehead atoms. The van der Waals surface area contributed by atoms with Crippen molar-refractivity contribution in [1.82, 2.24) is 4.90 Å². The molecule has 1 atom stereocenters. The van der Waals surface area contributed by atoms with Gasteiger partial charge in [-0.1, -0.05) is 27.2 Å². The van der Waals surface area contributed by atoms with Crippen molar-refractivity contribution in [2.45, 2.75) is 52.5 Å². The van der Waals surface area contributed by atoms with Crippen LogP contribution in [0.2, 0.25) is 0 Å². The second kappa shape index (κ2) is 3.73. The van der Waals surface area contributed by atoms with Crippen LogP contribution in [0.3, 0.4) is 0 Å². The SMILES string of the molecule is CC(C)(C)C(CC(=O)O)N1CC2(CCC2)C1. The Labute approximate surface area is 97.8 Å². The van der Waals surface area contributed by atoms with Gasteiger partial charge in [-0.3, -0.25) is 9.69 Å². The van der Waals surface area contributed by atoms with Gasteiger partial charge in [0.15, 0.2) is 0 Å². The van der Waals surface area contributed by atoms with Gasteiger partial charge >= 0.3 is 5.97 Å². The van der Waals surface area contributed by atoms with Crippen molar-refractivity contribution < 1.29 is 9.90 Å². The van der Waals surface area contributed by atoms with Crippen molar-refractivity contribution in [3.05, 3.63) is 0 Å². The first kappa shape index (κ1) is 11.9. The Morgan fingerprint density at radius 2 is 1.94 bits per heavy atom. The van der Waals surface area contributed by atoms with E-state index in [4.69, 9.17) is 5.11 Å². The Morgan fingerprint density at radius 3 is 2.25 bits per heavy atom. The molecule has 1 saturated heterocycles. The van der Waals surface area contributed by atoms with Gasteiger partial charge in [0.05, 0.1) is 6.42 Å². The Balaban J connectivity index is 1.95. The zero-order valence-electron chi connectivity index (χ0n) is 10.6. The van der Waals surface area contributed by atoms with E-state index in [0.29, 0.717) is 5.41 Å². The highest BCUT2D eigenvalue weighted by Gasteiger charge is 2.51. The highest BCUT2D eigenvalue weighted by atomic mass is 16.4. The summed E-state index contributed by atoms with van der Waals surface area (Å²) in [5, 5.41) is 8.99. The lowest BCUT2D eigenvalue weighted by Gasteiger charge is -2.60. The molecule has 0 radical (unpaired) electrons. The summed E-state index contributed by atoms with van der Waals surface area (Å²) in [6, 6.07) is 0.191. The quantitative estimate of drug-likeness (QED) is 0.801. The molecule has 1 aliphatic heterocycles. The third kappa shape index (κ3) is 2.10. The lowest BCUT2D eigenvalue weighted by molar-refractivity contribution is -0.146. The first-order valence-corrected chi connectivity index (χ1v) is 6.28. The van der Waals surface area contributed by atoms with Crippen LogP contribution in [-0.2, 0) is 4.79 Å². The molecule has 2 aliphatic rings. The molecule has 2 fully saturated rings. The number of hydrogen-bond donors (Lipinski definition) is 1. The summed E-state index contributed by atoms with van der Waals surface area (Å²) >= 11 is 0. The van der Waals surface area contributed by atoms with E-state index in [-0.39, 0.29) is 17.9 Å². The molecular formula is C13H23NO2. The molecule has 0 aromatic heterocycles. The van der Waals surface area contributed by atoms with Gasteiger partial charge in [-0.05, 0) is 23.7 Å². The number of likely N-dealkylation sites (tertiary alicyclic amines) is 1. The molecule has 2 rings (SSSR count). The normalized spacial score (nSPS) is 25.9. The fraction of sp³-hybridized carbons (Fsp3) is 0.923. The maximum absolute atomic E-state index is 10.9. The summed E-state index contributed by atoms with van der Waals surface area (Å²) in [5.74, 6) is -0.672. The van der Waals surface area contributed by atoms with Crippen molar-refractivity contribution >= 4 is 5.97 Å². The second-order valence-electron chi connectivity index (χ2n) is 6.74. The number of nitrogens with zero attached hydrogens (tertiary/aromatic N) is 1. The van der Waals surface area contributed by atoms with Crippen LogP contribution in [0.15, 0.2) is 0 Å². The molecule has 1 unspecified atom stereocenters. The van der Waals surface area contributed by atoms with E-state index in [2.05, 4.69) is 25.7 Å². The van der Waals surface area contributed by atoms with Crippen LogP contribution in [0.1, 0.15) is 46.5 Å². The summed E-state index contributed by atoms with van der Waals surface area (Å²) in [5.41, 5.74) is 0.645. The van der Waals surface area contributed by atoms with Crippen LogP contribution in [-0.4, -0.2) is 35.1 Å². The Hall–Kier alpha value is -0.570. The largest absolute Gasteiger partial charge is 0.481 e. The maximum atomic E-state index is 10.9. The Kier molecular flexibility index (Phi) is 2.77. The van der Waals surface area contributed by atoms with Gasteiger partial charge in [-0.15, -0.1) is 0 Å². The maximum Gasteiger partial charge on any atom is 0.304 e. The van der Waals surface area contributed by atoms with Crippen LogP contribution in [0.25, 0.3) is 0 Å². The van der Waals surface area contributed by atoms with Gasteiger partial charge in [-0.2, -0.15) is 0 Å². The third-order valence-electron chi connectivity index (χ3n) is 4.30. The first-order valence-electron chi connectivity index (χ1n) is 6.28. The summed E-state index contributed by atoms with van der Waals surface area (Å²) in [6.45, 7) is 8.69. The topological polar surface area (TPSA) is 40.5 Å². The molecule has 3 heteroatoms. The molecule has 1 N–H and O–H groups in total. The molecule has 0 amide bonds. The molecule has 92 valence electrons. The lowest BCUT2D eigenvalue weighted by Crippen LogP contribution is -2.65. The van der Waals surface area contributed by atoms with E-state index in [1.807, 2.05) is 0 Å². The van der Waals surface area contributed by atoms with Crippen LogP contribution in [0, 0.1) is 10.8 Å². The molecule has 0 aromatic rings. The third-order valence-corrected chi connectivity index (χ3v) is 4.30. The smallest absolute Gasteiger partial charge is 0.304 e. The highest BCUT2D eigenvalue weighted by molar-refractivity contribution is 5.67. The van der Waals surface area contributed by atoms with E-state index in [1.54, 1.807) is 0 Å². The van der Waals surface area contributed by atoms with E-state index in [1.165, 1.54) is 19.3 Å². The zero-order chi connectivity index (χ0) is 12.0. The fourth-order valence-corrected chi connectivity index (χ4v) is 3.18. The van der Waals surface area contributed by atoms with Gasteiger partial charge < -0.3 is 5.11 Å². The lowest BCUT2D eigenvalue weighted by atomic mass is 9.62. The van der Waals surface area contributed by atoms with Crippen molar-refractivity contribution in [3.8, 4) is 0 Å². The number of carboxylic acid groups (broad SMARTS) is 1. The summed E-state index contributed by atoms with van der Waals surface area (Å²) < 4.78 is 0. The number of carboxylic acids is 1. The minimum atomic E-state index is -0.672. The monoisotopic (exact) mass is 225 g/mol. The summed E-state index contributed by atoms with van der Waals surface area (Å²) in [6.07, 6.45) is 4.35. The summed E-state index contributed by atoms with van der Waals surface area (Å²) in [4.78, 5) is 13.3. The molecule has 1 spiro atoms. The molecule has 1 heterocycles. The number of hydrogen-bond acceptors (Lipinski definition) is 2. The van der Waals surface area contributed by atoms with Gasteiger partial charge in [0, 0.05) is 19.1 Å². The molecule has 16 heavy (non-hydrogen) atoms. The van der Waals surface area contributed by atoms with Crippen molar-refractivity contribution in [1.29, 1.82) is 0 Å². The van der Waals surface area contributed by atoms with E-state index >= 15 is 0 Å². The fourth-order valence-electron chi connectivity index (χ4n) is 3.18. The number of aliphatic carboxylic acids is 1. The Bertz CT molecular complexity index is 281. The van der Waals surface area contributed by atoms with Crippen molar-refractivity contribution in [2.24, 2.45) is 10.8 Å². The van der Waals surface area contributed by atoms with E-state index < -0.39 is 5.97 Å². The van der Waals surface area contributed by atoms with Crippen molar-refractivity contribution in [2.75, 3.05) is 13.1 Å². The van der Waals surface area contributed by atoms with Gasteiger partial charge in [0.2, 0.25) is 0 Å². The highest BCUT2D eigenvalue weighted by Crippen LogP contribution is 2.50. The van der Waals surface area contributed by atoms with Crippen LogP contribution >= 0.6 is 0 Å². The first-order chi connectivity index (χ1) is 7.32. The molecule has 0 aromatic carbocycles. The standard InChI is InChI=1S/C13H23NO2/c1-12(2,3)10(7-11(15)16)14-8-13(9-14)5-4-6-13/h10H,4-9H2,1-3H3,(H,15,16). The second-order valence-corrected chi connectivity index (χ2v) is 6.74. The minimum Gasteiger partial charge on any atom is -0.481 e. The predicted molar refractivity (Wildman–Crippen MR) is 63.4 cm³/mol. The zero-order valence-corrected chi connectivity index (χ0v) is 10.6. The van der Waals surface area contributed by atoms with E-state index in [0.717, 1.165) is 13.1 Å². The van der Waals surface area contributed by atoms with Gasteiger partial charge in [-0.25, -0.2) is 0 Å². The average molecular weight is 225 g/mol. The number of carbonyl (C=O) groups is 1. The predicted octanol–water partition coefficient (Wildman–Crippen LogP) is 2.36. The molecule has 1 aliphatic carbocycles. The Morgan fingerprint density at radius 1 is 1.38 bits per heavy atom. The molecular weight excluding hydrogens is 202 g/mol. The van der Waals surface area contributed by atoms with E-state index in [9.17, 15) is 4.79 Å². The van der Waals surface area contributed by atoms with Crippen molar-refractivity contribution in [3.63, 3.8) is 0 Å². The minimum absolute atomic E-state index is 0.0593. The summed E-state index contributed by atoms with van der Waals surface area (Å²) in [7, 11) is 0. The van der Waals surface area contributed by atoms with Crippen LogP contribution in [0.4, 0.5) is 0 Å². The average Bonchev–Trinajstić information content (AvgIpc) is 1.94. The van der Waals surface area contributed by atoms with Gasteiger partial charge in [0.25, 0.3) is 0 Å².